The van der Waals surface area contributed by atoms with Crippen LogP contribution in [0.25, 0.3) is 0 Å². The number of hydrogen-bond acceptors (Lipinski definition) is 1. The van der Waals surface area contributed by atoms with Crippen LogP contribution in [-0.2, 0) is 0 Å². The molecule has 0 spiro atoms. The third-order valence-corrected chi connectivity index (χ3v) is 4.25. The lowest BCUT2D eigenvalue weighted by Crippen LogP contribution is -2.22. The summed E-state index contributed by atoms with van der Waals surface area (Å²) < 4.78 is 13.9. The van der Waals surface area contributed by atoms with Crippen molar-refractivity contribution in [3.8, 4) is 0 Å². The van der Waals surface area contributed by atoms with Crippen molar-refractivity contribution in [3.63, 3.8) is 0 Å². The van der Waals surface area contributed by atoms with Crippen LogP contribution in [0.5, 0.6) is 0 Å². The highest BCUT2D eigenvalue weighted by Gasteiger charge is 2.36. The molecule has 1 fully saturated rings. The topological polar surface area (TPSA) is 12.0 Å². The molecule has 0 saturated heterocycles. The molecular formula is C14H19BrFN. The second-order valence-electron chi connectivity index (χ2n) is 5.93. The Morgan fingerprint density at radius 1 is 1.35 bits per heavy atom. The minimum atomic E-state index is -0.208. The molecular weight excluding hydrogens is 281 g/mol. The van der Waals surface area contributed by atoms with Crippen molar-refractivity contribution in [3.05, 3.63) is 28.5 Å². The molecule has 1 aromatic rings. The van der Waals surface area contributed by atoms with Gasteiger partial charge in [-0.05, 0) is 58.3 Å². The Kier molecular flexibility index (Phi) is 3.48. The first-order valence-corrected chi connectivity index (χ1v) is 6.88. The van der Waals surface area contributed by atoms with Gasteiger partial charge in [0.25, 0.3) is 0 Å². The number of hydrogen-bond donors (Lipinski definition) is 1. The second-order valence-corrected chi connectivity index (χ2v) is 6.78. The molecule has 1 nitrogen and oxygen atoms in total. The lowest BCUT2D eigenvalue weighted by molar-refractivity contribution is 0.366. The van der Waals surface area contributed by atoms with Gasteiger partial charge in [0.15, 0.2) is 0 Å². The molecule has 94 valence electrons. The first kappa shape index (κ1) is 12.9. The molecule has 17 heavy (non-hydrogen) atoms. The zero-order chi connectivity index (χ0) is 12.6. The van der Waals surface area contributed by atoms with E-state index in [9.17, 15) is 4.39 Å². The summed E-state index contributed by atoms with van der Waals surface area (Å²) in [4.78, 5) is 0. The second kappa shape index (κ2) is 4.60. The molecule has 2 rings (SSSR count). The highest BCUT2D eigenvalue weighted by molar-refractivity contribution is 9.10. The van der Waals surface area contributed by atoms with Crippen molar-refractivity contribution in [1.82, 2.24) is 0 Å². The van der Waals surface area contributed by atoms with Gasteiger partial charge in [-0.25, -0.2) is 4.39 Å². The van der Waals surface area contributed by atoms with E-state index < -0.39 is 0 Å². The molecule has 0 aliphatic heterocycles. The van der Waals surface area contributed by atoms with E-state index in [0.29, 0.717) is 21.8 Å². The van der Waals surface area contributed by atoms with Gasteiger partial charge in [0, 0.05) is 11.7 Å². The predicted molar refractivity (Wildman–Crippen MR) is 73.7 cm³/mol. The monoisotopic (exact) mass is 299 g/mol. The van der Waals surface area contributed by atoms with Crippen LogP contribution in [0.2, 0.25) is 0 Å². The molecule has 3 heteroatoms. The van der Waals surface area contributed by atoms with E-state index in [1.807, 2.05) is 6.07 Å². The molecule has 1 saturated carbocycles. The molecule has 2 atom stereocenters. The normalized spacial score (nSPS) is 27.1. The van der Waals surface area contributed by atoms with Gasteiger partial charge < -0.3 is 5.32 Å². The Bertz CT molecular complexity index is 417. The van der Waals surface area contributed by atoms with E-state index in [4.69, 9.17) is 0 Å². The van der Waals surface area contributed by atoms with Gasteiger partial charge in [-0.2, -0.15) is 0 Å². The number of nitrogens with one attached hydrogen (secondary N) is 1. The number of halogens is 2. The summed E-state index contributed by atoms with van der Waals surface area (Å²) in [5, 5.41) is 3.45. The van der Waals surface area contributed by atoms with Gasteiger partial charge in [-0.1, -0.05) is 20.8 Å². The summed E-state index contributed by atoms with van der Waals surface area (Å²) in [5.74, 6) is 0.427. The van der Waals surface area contributed by atoms with Gasteiger partial charge in [-0.15, -0.1) is 0 Å². The van der Waals surface area contributed by atoms with Crippen LogP contribution >= 0.6 is 15.9 Å². The van der Waals surface area contributed by atoms with Crippen molar-refractivity contribution in [2.75, 3.05) is 5.32 Å². The van der Waals surface area contributed by atoms with Gasteiger partial charge in [0.2, 0.25) is 0 Å². The molecule has 0 amide bonds. The van der Waals surface area contributed by atoms with Crippen LogP contribution < -0.4 is 5.32 Å². The number of benzene rings is 1. The fourth-order valence-corrected chi connectivity index (χ4v) is 3.13. The van der Waals surface area contributed by atoms with E-state index >= 15 is 0 Å². The molecule has 1 aliphatic rings. The van der Waals surface area contributed by atoms with Gasteiger partial charge in [0.05, 0.1) is 4.47 Å². The van der Waals surface area contributed by atoms with E-state index in [1.54, 1.807) is 12.1 Å². The molecule has 0 bridgehead atoms. The predicted octanol–water partition coefficient (Wildman–Crippen LogP) is 4.82. The van der Waals surface area contributed by atoms with E-state index in [2.05, 4.69) is 42.0 Å². The maximum absolute atomic E-state index is 13.4. The van der Waals surface area contributed by atoms with E-state index in [1.165, 1.54) is 6.42 Å². The standard InChI is InChI=1S/C14H19BrFN/c1-9-7-14(2,3)8-13(9)17-10-4-5-11(15)12(16)6-10/h4-6,9,13,17H,7-8H2,1-3H3. The summed E-state index contributed by atoms with van der Waals surface area (Å²) >= 11 is 3.17. The van der Waals surface area contributed by atoms with Crippen molar-refractivity contribution in [1.29, 1.82) is 0 Å². The average Bonchev–Trinajstić information content (AvgIpc) is 2.46. The molecule has 2 unspecified atom stereocenters. The van der Waals surface area contributed by atoms with Crippen molar-refractivity contribution in [2.45, 2.75) is 39.7 Å². The SMILES string of the molecule is CC1CC(C)(C)CC1Nc1ccc(Br)c(F)c1. The van der Waals surface area contributed by atoms with Crippen molar-refractivity contribution in [2.24, 2.45) is 11.3 Å². The Morgan fingerprint density at radius 3 is 2.59 bits per heavy atom. The molecule has 0 heterocycles. The van der Waals surface area contributed by atoms with Crippen molar-refractivity contribution >= 4 is 21.6 Å². The summed E-state index contributed by atoms with van der Waals surface area (Å²) in [6.07, 6.45) is 2.37. The van der Waals surface area contributed by atoms with Crippen LogP contribution in [0, 0.1) is 17.2 Å². The number of rotatable bonds is 2. The lowest BCUT2D eigenvalue weighted by atomic mass is 9.91. The Hall–Kier alpha value is -0.570. The summed E-state index contributed by atoms with van der Waals surface area (Å²) in [5.41, 5.74) is 1.27. The minimum Gasteiger partial charge on any atom is -0.382 e. The fourth-order valence-electron chi connectivity index (χ4n) is 2.89. The smallest absolute Gasteiger partial charge is 0.139 e. The van der Waals surface area contributed by atoms with Gasteiger partial charge in [0.1, 0.15) is 5.82 Å². The van der Waals surface area contributed by atoms with Crippen molar-refractivity contribution < 1.29 is 4.39 Å². The lowest BCUT2D eigenvalue weighted by Gasteiger charge is -2.20. The molecule has 1 aliphatic carbocycles. The average molecular weight is 300 g/mol. The van der Waals surface area contributed by atoms with Crippen LogP contribution in [0.15, 0.2) is 22.7 Å². The number of anilines is 1. The molecule has 0 radical (unpaired) electrons. The first-order chi connectivity index (χ1) is 7.87. The summed E-state index contributed by atoms with van der Waals surface area (Å²) in [7, 11) is 0. The first-order valence-electron chi connectivity index (χ1n) is 6.09. The summed E-state index contributed by atoms with van der Waals surface area (Å²) in [6, 6.07) is 5.68. The quantitative estimate of drug-likeness (QED) is 0.825. The van der Waals surface area contributed by atoms with E-state index in [-0.39, 0.29) is 5.82 Å². The third-order valence-electron chi connectivity index (χ3n) is 3.61. The summed E-state index contributed by atoms with van der Waals surface area (Å²) in [6.45, 7) is 6.86. The maximum Gasteiger partial charge on any atom is 0.139 e. The zero-order valence-electron chi connectivity index (χ0n) is 10.6. The van der Waals surface area contributed by atoms with E-state index in [0.717, 1.165) is 12.1 Å². The largest absolute Gasteiger partial charge is 0.382 e. The van der Waals surface area contributed by atoms with Gasteiger partial charge >= 0.3 is 0 Å². The molecule has 1 N–H and O–H groups in total. The molecule has 0 aromatic heterocycles. The highest BCUT2D eigenvalue weighted by atomic mass is 79.9. The Balaban J connectivity index is 2.08. The zero-order valence-corrected chi connectivity index (χ0v) is 12.1. The van der Waals surface area contributed by atoms with Crippen LogP contribution in [0.4, 0.5) is 10.1 Å². The van der Waals surface area contributed by atoms with Gasteiger partial charge in [-0.3, -0.25) is 0 Å². The fraction of sp³-hybridized carbons (Fsp3) is 0.571. The Morgan fingerprint density at radius 2 is 2.06 bits per heavy atom. The molecule has 1 aromatic carbocycles. The van der Waals surface area contributed by atoms with Crippen LogP contribution in [-0.4, -0.2) is 6.04 Å². The minimum absolute atomic E-state index is 0.208. The van der Waals surface area contributed by atoms with Crippen LogP contribution in [0.1, 0.15) is 33.6 Å². The Labute approximate surface area is 111 Å². The highest BCUT2D eigenvalue weighted by Crippen LogP contribution is 2.42. The maximum atomic E-state index is 13.4. The third kappa shape index (κ3) is 3.01. The van der Waals surface area contributed by atoms with Crippen LogP contribution in [0.3, 0.4) is 0 Å².